The number of hydrogen-bond donors (Lipinski definition) is 1. The number of halogens is 3. The molecule has 0 aliphatic carbocycles. The molecular weight excluding hydrogens is 216 g/mol. The van der Waals surface area contributed by atoms with E-state index in [0.29, 0.717) is 5.69 Å². The number of alkyl halides is 3. The first kappa shape index (κ1) is 11.0. The van der Waals surface area contributed by atoms with Gasteiger partial charge in [-0.3, -0.25) is 4.79 Å². The number of aromatic nitrogens is 1. The summed E-state index contributed by atoms with van der Waals surface area (Å²) >= 11 is 5.45. The Hall–Kier alpha value is -1.10. The van der Waals surface area contributed by atoms with Gasteiger partial charge in [0, 0.05) is 11.8 Å². The van der Waals surface area contributed by atoms with Crippen molar-refractivity contribution in [2.75, 3.05) is 7.11 Å². The van der Waals surface area contributed by atoms with Gasteiger partial charge >= 0.3 is 0 Å². The zero-order valence-electron chi connectivity index (χ0n) is 7.31. The lowest BCUT2D eigenvalue weighted by molar-refractivity contribution is 0.144. The highest BCUT2D eigenvalue weighted by Crippen LogP contribution is 2.23. The van der Waals surface area contributed by atoms with E-state index in [-0.39, 0.29) is 11.8 Å². The van der Waals surface area contributed by atoms with E-state index in [0.717, 1.165) is 6.07 Å². The molecule has 78 valence electrons. The molecule has 0 unspecified atom stereocenters. The van der Waals surface area contributed by atoms with E-state index in [4.69, 9.17) is 11.6 Å². The largest absolute Gasteiger partial charge is 0.482 e. The van der Waals surface area contributed by atoms with Crippen LogP contribution in [0.5, 0.6) is 5.88 Å². The fourth-order valence-electron chi connectivity index (χ4n) is 1.04. The van der Waals surface area contributed by atoms with Gasteiger partial charge in [-0.1, -0.05) is 0 Å². The monoisotopic (exact) mass is 223 g/mol. The van der Waals surface area contributed by atoms with Crippen molar-refractivity contribution in [1.82, 2.24) is 4.98 Å². The Labute approximate surface area is 83.7 Å². The third kappa shape index (κ3) is 2.04. The van der Waals surface area contributed by atoms with E-state index in [1.807, 2.05) is 0 Å². The second-order valence-electron chi connectivity index (χ2n) is 2.54. The number of hydrogen-bond acceptors (Lipinski definition) is 2. The standard InChI is InChI=1S/C8H8ClF2NO2/c1-14-8-6(7(10)11)5(13)2-4(3-9)12-8/h2,7H,3H2,1H3,(H,12,13). The van der Waals surface area contributed by atoms with Gasteiger partial charge in [0.05, 0.1) is 13.0 Å². The number of aromatic amines is 1. The summed E-state index contributed by atoms with van der Waals surface area (Å²) in [4.78, 5) is 13.7. The maximum absolute atomic E-state index is 12.4. The fraction of sp³-hybridized carbons (Fsp3) is 0.375. The molecule has 0 fully saturated rings. The summed E-state index contributed by atoms with van der Waals surface area (Å²) in [6.45, 7) is 0. The second kappa shape index (κ2) is 4.41. The van der Waals surface area contributed by atoms with Gasteiger partial charge in [0.1, 0.15) is 5.56 Å². The predicted molar refractivity (Wildman–Crippen MR) is 48.1 cm³/mol. The average molecular weight is 224 g/mol. The van der Waals surface area contributed by atoms with E-state index in [1.165, 1.54) is 7.11 Å². The van der Waals surface area contributed by atoms with Crippen LogP contribution in [0.2, 0.25) is 0 Å². The van der Waals surface area contributed by atoms with Gasteiger partial charge in [-0.05, 0) is 0 Å². The Bertz CT molecular complexity index is 378. The predicted octanol–water partition coefficient (Wildman–Crippen LogP) is 2.06. The Morgan fingerprint density at radius 1 is 1.64 bits per heavy atom. The van der Waals surface area contributed by atoms with Crippen LogP contribution in [0.1, 0.15) is 17.7 Å². The quantitative estimate of drug-likeness (QED) is 0.797. The third-order valence-corrected chi connectivity index (χ3v) is 1.94. The van der Waals surface area contributed by atoms with Gasteiger partial charge in [0.25, 0.3) is 6.43 Å². The number of methoxy groups -OCH3 is 1. The van der Waals surface area contributed by atoms with E-state index < -0.39 is 17.4 Å². The van der Waals surface area contributed by atoms with Crippen LogP contribution in [-0.2, 0) is 5.88 Å². The molecule has 6 heteroatoms. The number of rotatable bonds is 3. The van der Waals surface area contributed by atoms with Crippen molar-refractivity contribution in [3.63, 3.8) is 0 Å². The van der Waals surface area contributed by atoms with E-state index >= 15 is 0 Å². The van der Waals surface area contributed by atoms with Crippen molar-refractivity contribution in [3.05, 3.63) is 27.5 Å². The lowest BCUT2D eigenvalue weighted by Crippen LogP contribution is -2.13. The third-order valence-electron chi connectivity index (χ3n) is 1.66. The molecule has 0 saturated heterocycles. The van der Waals surface area contributed by atoms with Gasteiger partial charge < -0.3 is 9.72 Å². The molecule has 0 bridgehead atoms. The molecule has 0 saturated carbocycles. The molecule has 1 heterocycles. The molecule has 0 radical (unpaired) electrons. The summed E-state index contributed by atoms with van der Waals surface area (Å²) in [5, 5.41) is 0. The van der Waals surface area contributed by atoms with Gasteiger partial charge in [0.15, 0.2) is 5.43 Å². The van der Waals surface area contributed by atoms with E-state index in [1.54, 1.807) is 0 Å². The molecule has 0 spiro atoms. The highest BCUT2D eigenvalue weighted by atomic mass is 35.5. The summed E-state index contributed by atoms with van der Waals surface area (Å²) in [7, 11) is 1.20. The lowest BCUT2D eigenvalue weighted by Gasteiger charge is -2.07. The van der Waals surface area contributed by atoms with E-state index in [2.05, 4.69) is 9.72 Å². The minimum absolute atomic E-state index is 0.0368. The number of nitrogens with one attached hydrogen (secondary N) is 1. The van der Waals surface area contributed by atoms with Crippen LogP contribution < -0.4 is 10.2 Å². The molecule has 1 aromatic heterocycles. The molecule has 3 nitrogen and oxygen atoms in total. The van der Waals surface area contributed by atoms with Crippen molar-refractivity contribution in [3.8, 4) is 5.88 Å². The fourth-order valence-corrected chi connectivity index (χ4v) is 1.18. The second-order valence-corrected chi connectivity index (χ2v) is 2.81. The first-order valence-corrected chi connectivity index (χ1v) is 4.27. The molecule has 0 aliphatic rings. The van der Waals surface area contributed by atoms with Crippen LogP contribution in [-0.4, -0.2) is 12.1 Å². The molecule has 14 heavy (non-hydrogen) atoms. The minimum atomic E-state index is -2.86. The summed E-state index contributed by atoms with van der Waals surface area (Å²) in [5.41, 5.74) is -1.09. The van der Waals surface area contributed by atoms with E-state index in [9.17, 15) is 13.6 Å². The molecule has 0 atom stereocenters. The van der Waals surface area contributed by atoms with Crippen LogP contribution >= 0.6 is 11.6 Å². The topological polar surface area (TPSA) is 42.1 Å². The molecule has 0 aliphatic heterocycles. The zero-order chi connectivity index (χ0) is 10.7. The molecule has 1 rings (SSSR count). The van der Waals surface area contributed by atoms with Crippen molar-refractivity contribution in [2.45, 2.75) is 12.3 Å². The molecule has 0 aromatic carbocycles. The van der Waals surface area contributed by atoms with Crippen molar-refractivity contribution in [2.24, 2.45) is 0 Å². The molecule has 1 N–H and O–H groups in total. The molecular formula is C8H8ClF2NO2. The number of H-pyrrole nitrogens is 1. The first-order valence-electron chi connectivity index (χ1n) is 3.74. The minimum Gasteiger partial charge on any atom is -0.482 e. The molecule has 0 amide bonds. The SMILES string of the molecule is COc1[nH]c(CCl)cc(=O)c1C(F)F. The van der Waals surface area contributed by atoms with Crippen LogP contribution in [0.3, 0.4) is 0 Å². The van der Waals surface area contributed by atoms with Crippen LogP contribution in [0, 0.1) is 0 Å². The van der Waals surface area contributed by atoms with Crippen molar-refractivity contribution >= 4 is 11.6 Å². The van der Waals surface area contributed by atoms with Crippen LogP contribution in [0.25, 0.3) is 0 Å². The summed E-state index contributed by atoms with van der Waals surface area (Å²) in [5.74, 6) is -0.196. The maximum atomic E-state index is 12.4. The zero-order valence-corrected chi connectivity index (χ0v) is 8.07. The average Bonchev–Trinajstić information content (AvgIpc) is 2.15. The Kier molecular flexibility index (Phi) is 3.46. The van der Waals surface area contributed by atoms with Gasteiger partial charge in [-0.2, -0.15) is 0 Å². The van der Waals surface area contributed by atoms with Gasteiger partial charge in [-0.15, -0.1) is 11.6 Å². The highest BCUT2D eigenvalue weighted by Gasteiger charge is 2.19. The highest BCUT2D eigenvalue weighted by molar-refractivity contribution is 6.16. The maximum Gasteiger partial charge on any atom is 0.272 e. The Morgan fingerprint density at radius 2 is 2.29 bits per heavy atom. The van der Waals surface area contributed by atoms with Crippen molar-refractivity contribution < 1.29 is 13.5 Å². The first-order chi connectivity index (χ1) is 6.60. The van der Waals surface area contributed by atoms with Crippen molar-refractivity contribution in [1.29, 1.82) is 0 Å². The lowest BCUT2D eigenvalue weighted by atomic mass is 10.2. The van der Waals surface area contributed by atoms with Crippen LogP contribution in [0.15, 0.2) is 10.9 Å². The molecule has 1 aromatic rings. The normalized spacial score (nSPS) is 10.6. The Morgan fingerprint density at radius 3 is 2.71 bits per heavy atom. The number of ether oxygens (including phenoxy) is 1. The summed E-state index contributed by atoms with van der Waals surface area (Å²) in [6.07, 6.45) is -2.86. The smallest absolute Gasteiger partial charge is 0.272 e. The van der Waals surface area contributed by atoms with Crippen LogP contribution in [0.4, 0.5) is 8.78 Å². The van der Waals surface area contributed by atoms with Gasteiger partial charge in [-0.25, -0.2) is 8.78 Å². The number of pyridine rings is 1. The van der Waals surface area contributed by atoms with Gasteiger partial charge in [0.2, 0.25) is 5.88 Å². The Balaban J connectivity index is 3.35. The summed E-state index contributed by atoms with van der Waals surface area (Å²) in [6, 6.07) is 1.04. The summed E-state index contributed by atoms with van der Waals surface area (Å²) < 4.78 is 29.4.